The Morgan fingerprint density at radius 1 is 1.08 bits per heavy atom. The molecule has 4 rings (SSSR count). The van der Waals surface area contributed by atoms with Crippen LogP contribution >= 0.6 is 12.4 Å². The van der Waals surface area contributed by atoms with E-state index < -0.39 is 0 Å². The number of halogens is 2. The van der Waals surface area contributed by atoms with Crippen molar-refractivity contribution >= 4 is 12.4 Å². The van der Waals surface area contributed by atoms with E-state index in [0.29, 0.717) is 5.92 Å². The number of nitrogens with zero attached hydrogens (tertiary/aromatic N) is 1. The van der Waals surface area contributed by atoms with Gasteiger partial charge < -0.3 is 9.64 Å². The van der Waals surface area contributed by atoms with Crippen molar-refractivity contribution in [2.45, 2.75) is 31.0 Å². The Morgan fingerprint density at radius 2 is 1.83 bits per heavy atom. The lowest BCUT2D eigenvalue weighted by Gasteiger charge is -2.20. The van der Waals surface area contributed by atoms with E-state index in [1.165, 1.54) is 16.7 Å². The molecule has 128 valence electrons. The van der Waals surface area contributed by atoms with Crippen LogP contribution in [0.4, 0.5) is 4.39 Å². The largest absolute Gasteiger partial charge is 0.368 e. The zero-order chi connectivity index (χ0) is 16.0. The van der Waals surface area contributed by atoms with Crippen molar-refractivity contribution in [2.24, 2.45) is 0 Å². The molecule has 0 amide bonds. The average Bonchev–Trinajstić information content (AvgIpc) is 2.87. The molecular weight excluding hydrogens is 325 g/mol. The molecule has 0 N–H and O–H groups in total. The molecule has 1 fully saturated rings. The Bertz CT molecular complexity index is 733. The highest BCUT2D eigenvalue weighted by Gasteiger charge is 2.40. The molecule has 4 heteroatoms. The van der Waals surface area contributed by atoms with Crippen LogP contribution in [0.5, 0.6) is 0 Å². The van der Waals surface area contributed by atoms with Crippen LogP contribution in [0.25, 0.3) is 0 Å². The van der Waals surface area contributed by atoms with Crippen LogP contribution in [-0.4, -0.2) is 31.6 Å². The fourth-order valence-corrected chi connectivity index (χ4v) is 4.12. The molecule has 0 spiro atoms. The summed E-state index contributed by atoms with van der Waals surface area (Å²) in [5.74, 6) is 0.146. The van der Waals surface area contributed by atoms with Gasteiger partial charge in [0.2, 0.25) is 0 Å². The van der Waals surface area contributed by atoms with E-state index in [4.69, 9.17) is 4.74 Å². The van der Waals surface area contributed by atoms with Crippen LogP contribution in [0.1, 0.15) is 40.7 Å². The Hall–Kier alpha value is -1.42. The SMILES string of the molecule is CN(C)C[C@@H]1C[C@H]2c3ccccc3Cc3ccc(F)cc3[C@@H]2O1.Cl. The van der Waals surface area contributed by atoms with Crippen LogP contribution in [0.3, 0.4) is 0 Å². The molecule has 2 aliphatic rings. The summed E-state index contributed by atoms with van der Waals surface area (Å²) in [5.41, 5.74) is 4.95. The van der Waals surface area contributed by atoms with Gasteiger partial charge >= 0.3 is 0 Å². The van der Waals surface area contributed by atoms with Crippen molar-refractivity contribution in [3.05, 3.63) is 70.5 Å². The minimum atomic E-state index is -0.173. The molecule has 24 heavy (non-hydrogen) atoms. The van der Waals surface area contributed by atoms with Crippen LogP contribution in [0.15, 0.2) is 42.5 Å². The Balaban J connectivity index is 0.00000169. The van der Waals surface area contributed by atoms with Gasteiger partial charge in [-0.05, 0) is 61.3 Å². The smallest absolute Gasteiger partial charge is 0.123 e. The van der Waals surface area contributed by atoms with E-state index in [1.54, 1.807) is 12.1 Å². The number of hydrogen-bond donors (Lipinski definition) is 0. The van der Waals surface area contributed by atoms with Crippen molar-refractivity contribution in [1.82, 2.24) is 4.90 Å². The second-order valence-electron chi connectivity index (χ2n) is 7.00. The Labute approximate surface area is 149 Å². The number of ether oxygens (including phenoxy) is 1. The van der Waals surface area contributed by atoms with Crippen molar-refractivity contribution < 1.29 is 9.13 Å². The van der Waals surface area contributed by atoms with Gasteiger partial charge in [-0.1, -0.05) is 30.3 Å². The number of fused-ring (bicyclic) bond motifs is 5. The first-order valence-corrected chi connectivity index (χ1v) is 8.28. The van der Waals surface area contributed by atoms with Gasteiger partial charge in [-0.15, -0.1) is 12.4 Å². The van der Waals surface area contributed by atoms with Crippen molar-refractivity contribution in [3.63, 3.8) is 0 Å². The van der Waals surface area contributed by atoms with Gasteiger partial charge in [0.1, 0.15) is 5.82 Å². The Kier molecular flexibility index (Phi) is 4.95. The van der Waals surface area contributed by atoms with Gasteiger partial charge in [0.15, 0.2) is 0 Å². The van der Waals surface area contributed by atoms with Crippen LogP contribution in [-0.2, 0) is 11.2 Å². The molecule has 2 aromatic carbocycles. The number of likely N-dealkylation sites (N-methyl/N-ethyl adjacent to an activating group) is 1. The lowest BCUT2D eigenvalue weighted by atomic mass is 9.87. The minimum Gasteiger partial charge on any atom is -0.368 e. The minimum absolute atomic E-state index is 0. The molecule has 2 aromatic rings. The summed E-state index contributed by atoms with van der Waals surface area (Å²) in [5, 5.41) is 0. The standard InChI is InChI=1S/C20H22FNO.ClH/c1-22(2)12-16-11-19-17-6-4-3-5-13(17)9-14-7-8-15(21)10-18(14)20(19)23-16;/h3-8,10,16,19-20H,9,11-12H2,1-2H3;1H/t16-,19-,20-;/m0./s1. The van der Waals surface area contributed by atoms with Crippen LogP contribution in [0, 0.1) is 5.82 Å². The monoisotopic (exact) mass is 347 g/mol. The molecule has 0 saturated carbocycles. The average molecular weight is 348 g/mol. The number of benzene rings is 2. The zero-order valence-electron chi connectivity index (χ0n) is 14.0. The fourth-order valence-electron chi connectivity index (χ4n) is 4.12. The normalized spacial score (nSPS) is 24.6. The van der Waals surface area contributed by atoms with Gasteiger partial charge in [-0.25, -0.2) is 4.39 Å². The highest BCUT2D eigenvalue weighted by atomic mass is 35.5. The maximum absolute atomic E-state index is 13.9. The summed E-state index contributed by atoms with van der Waals surface area (Å²) in [7, 11) is 4.14. The van der Waals surface area contributed by atoms with Crippen LogP contribution < -0.4 is 0 Å². The van der Waals surface area contributed by atoms with Gasteiger partial charge in [0.25, 0.3) is 0 Å². The molecule has 0 bridgehead atoms. The number of rotatable bonds is 2. The van der Waals surface area contributed by atoms with Crippen LogP contribution in [0.2, 0.25) is 0 Å². The third-order valence-corrected chi connectivity index (χ3v) is 5.04. The second kappa shape index (κ2) is 6.83. The van der Waals surface area contributed by atoms with Crippen molar-refractivity contribution in [2.75, 3.05) is 20.6 Å². The fraction of sp³-hybridized carbons (Fsp3) is 0.400. The lowest BCUT2D eigenvalue weighted by Crippen LogP contribution is -2.25. The summed E-state index contributed by atoms with van der Waals surface area (Å²) in [6.45, 7) is 0.903. The van der Waals surface area contributed by atoms with Gasteiger partial charge in [-0.3, -0.25) is 0 Å². The Morgan fingerprint density at radius 3 is 2.62 bits per heavy atom. The zero-order valence-corrected chi connectivity index (χ0v) is 14.9. The van der Waals surface area contributed by atoms with Crippen molar-refractivity contribution in [1.29, 1.82) is 0 Å². The molecule has 1 heterocycles. The van der Waals surface area contributed by atoms with E-state index in [0.717, 1.165) is 24.9 Å². The van der Waals surface area contributed by atoms with E-state index >= 15 is 0 Å². The van der Waals surface area contributed by atoms with Gasteiger partial charge in [0, 0.05) is 12.5 Å². The summed E-state index contributed by atoms with van der Waals surface area (Å²) >= 11 is 0. The molecule has 0 unspecified atom stereocenters. The summed E-state index contributed by atoms with van der Waals surface area (Å²) in [6.07, 6.45) is 2.02. The lowest BCUT2D eigenvalue weighted by molar-refractivity contribution is 0.0270. The van der Waals surface area contributed by atoms with Crippen molar-refractivity contribution in [3.8, 4) is 0 Å². The van der Waals surface area contributed by atoms with E-state index in [1.807, 2.05) is 6.07 Å². The summed E-state index contributed by atoms with van der Waals surface area (Å²) in [4.78, 5) is 2.16. The van der Waals surface area contributed by atoms with E-state index in [9.17, 15) is 4.39 Å². The quantitative estimate of drug-likeness (QED) is 0.801. The molecule has 3 atom stereocenters. The molecule has 1 aliphatic heterocycles. The summed E-state index contributed by atoms with van der Waals surface area (Å²) < 4.78 is 20.2. The second-order valence-corrected chi connectivity index (χ2v) is 7.00. The predicted octanol–water partition coefficient (Wildman–Crippen LogP) is 4.33. The molecule has 0 radical (unpaired) electrons. The molecule has 1 aliphatic carbocycles. The molecule has 1 saturated heterocycles. The highest BCUT2D eigenvalue weighted by Crippen LogP contribution is 2.49. The predicted molar refractivity (Wildman–Crippen MR) is 96.4 cm³/mol. The number of hydrogen-bond acceptors (Lipinski definition) is 2. The topological polar surface area (TPSA) is 12.5 Å². The maximum atomic E-state index is 13.9. The third-order valence-electron chi connectivity index (χ3n) is 5.04. The first-order valence-electron chi connectivity index (χ1n) is 8.28. The van der Waals surface area contributed by atoms with E-state index in [2.05, 4.69) is 43.3 Å². The maximum Gasteiger partial charge on any atom is 0.123 e. The first-order chi connectivity index (χ1) is 11.1. The third kappa shape index (κ3) is 3.08. The van der Waals surface area contributed by atoms with Gasteiger partial charge in [-0.2, -0.15) is 0 Å². The molecule has 0 aromatic heterocycles. The first kappa shape index (κ1) is 17.4. The molecule has 2 nitrogen and oxygen atoms in total. The highest BCUT2D eigenvalue weighted by molar-refractivity contribution is 5.85. The van der Waals surface area contributed by atoms with E-state index in [-0.39, 0.29) is 30.4 Å². The van der Waals surface area contributed by atoms with Gasteiger partial charge in [0.05, 0.1) is 12.2 Å². The molecular formula is C20H23ClFNO. The summed E-state index contributed by atoms with van der Waals surface area (Å²) in [6, 6.07) is 13.8.